The summed E-state index contributed by atoms with van der Waals surface area (Å²) >= 11 is 0. The lowest BCUT2D eigenvalue weighted by molar-refractivity contribution is 0.0909. The number of para-hydroxylation sites is 1. The summed E-state index contributed by atoms with van der Waals surface area (Å²) in [7, 11) is 0. The number of benzene rings is 3. The van der Waals surface area contributed by atoms with Gasteiger partial charge in [-0.2, -0.15) is 0 Å². The van der Waals surface area contributed by atoms with E-state index in [0.29, 0.717) is 5.56 Å². The van der Waals surface area contributed by atoms with Crippen LogP contribution in [-0.2, 0) is 6.54 Å². The molecule has 1 aliphatic heterocycles. The summed E-state index contributed by atoms with van der Waals surface area (Å²) in [4.78, 5) is 20.1. The number of rotatable bonds is 6. The van der Waals surface area contributed by atoms with Gasteiger partial charge in [0.15, 0.2) is 0 Å². The van der Waals surface area contributed by atoms with Crippen LogP contribution in [0.2, 0.25) is 0 Å². The van der Waals surface area contributed by atoms with Crippen LogP contribution in [0.4, 0.5) is 11.4 Å². The van der Waals surface area contributed by atoms with E-state index in [1.165, 1.54) is 5.56 Å². The van der Waals surface area contributed by atoms with Gasteiger partial charge >= 0.3 is 0 Å². The van der Waals surface area contributed by atoms with Crippen LogP contribution in [-0.4, -0.2) is 34.9 Å². The van der Waals surface area contributed by atoms with E-state index in [1.807, 2.05) is 55.5 Å². The summed E-state index contributed by atoms with van der Waals surface area (Å²) in [6.07, 6.45) is 1.94. The zero-order chi connectivity index (χ0) is 23.3. The van der Waals surface area contributed by atoms with Gasteiger partial charge in [0.25, 0.3) is 5.91 Å². The first-order chi connectivity index (χ1) is 16.6. The summed E-state index contributed by atoms with van der Waals surface area (Å²) in [6.45, 7) is 4.96. The largest absolute Gasteiger partial charge is 0.355 e. The minimum Gasteiger partial charge on any atom is -0.355 e. The van der Waals surface area contributed by atoms with Gasteiger partial charge in [-0.1, -0.05) is 54.6 Å². The van der Waals surface area contributed by atoms with E-state index in [4.69, 9.17) is 0 Å². The van der Waals surface area contributed by atoms with E-state index < -0.39 is 0 Å². The number of carbonyl (C=O) groups is 1. The summed E-state index contributed by atoms with van der Waals surface area (Å²) in [6, 6.07) is 28.6. The Morgan fingerprint density at radius 1 is 0.941 bits per heavy atom. The van der Waals surface area contributed by atoms with Crippen molar-refractivity contribution in [1.82, 2.24) is 15.2 Å². The Morgan fingerprint density at radius 3 is 2.53 bits per heavy atom. The number of anilines is 2. The molecule has 4 aromatic rings. The molecule has 3 aromatic carbocycles. The lowest BCUT2D eigenvalue weighted by atomic mass is 10.0. The third-order valence-electron chi connectivity index (χ3n) is 6.42. The smallest absolute Gasteiger partial charge is 0.251 e. The number of piperidine rings is 1. The van der Waals surface area contributed by atoms with Crippen molar-refractivity contribution in [3.63, 3.8) is 0 Å². The monoisotopic (exact) mass is 450 g/mol. The first-order valence-electron chi connectivity index (χ1n) is 11.9. The zero-order valence-electron chi connectivity index (χ0n) is 19.5. The minimum absolute atomic E-state index is 0.0130. The van der Waals surface area contributed by atoms with Crippen LogP contribution in [0, 0.1) is 6.92 Å². The second-order valence-electron chi connectivity index (χ2n) is 9.04. The number of hydrogen-bond acceptors (Lipinski definition) is 4. The van der Waals surface area contributed by atoms with Crippen LogP contribution < -0.4 is 10.6 Å². The average Bonchev–Trinajstić information content (AvgIpc) is 2.86. The van der Waals surface area contributed by atoms with Crippen molar-refractivity contribution >= 4 is 28.2 Å². The number of hydrogen-bond donors (Lipinski definition) is 2. The zero-order valence-corrected chi connectivity index (χ0v) is 19.5. The summed E-state index contributed by atoms with van der Waals surface area (Å²) in [5.41, 5.74) is 5.80. The van der Waals surface area contributed by atoms with Crippen LogP contribution in [0.15, 0.2) is 84.9 Å². The van der Waals surface area contributed by atoms with Gasteiger partial charge < -0.3 is 10.6 Å². The van der Waals surface area contributed by atoms with Crippen molar-refractivity contribution in [2.24, 2.45) is 0 Å². The Morgan fingerprint density at radius 2 is 1.71 bits per heavy atom. The topological polar surface area (TPSA) is 57.3 Å². The van der Waals surface area contributed by atoms with E-state index in [9.17, 15) is 4.79 Å². The van der Waals surface area contributed by atoms with Gasteiger partial charge in [0.2, 0.25) is 0 Å². The van der Waals surface area contributed by atoms with Crippen LogP contribution >= 0.6 is 0 Å². The van der Waals surface area contributed by atoms with Crippen molar-refractivity contribution in [2.75, 3.05) is 18.4 Å². The lowest BCUT2D eigenvalue weighted by Crippen LogP contribution is -2.44. The number of fused-ring (bicyclic) bond motifs is 1. The van der Waals surface area contributed by atoms with Gasteiger partial charge in [-0.05, 0) is 55.7 Å². The highest BCUT2D eigenvalue weighted by Gasteiger charge is 2.21. The third-order valence-corrected chi connectivity index (χ3v) is 6.42. The van der Waals surface area contributed by atoms with Crippen LogP contribution in [0.5, 0.6) is 0 Å². The Labute approximate surface area is 200 Å². The molecule has 1 saturated heterocycles. The molecule has 2 N–H and O–H groups in total. The van der Waals surface area contributed by atoms with E-state index in [0.717, 1.165) is 60.4 Å². The molecule has 0 aliphatic carbocycles. The number of pyridine rings is 1. The maximum atomic E-state index is 13.0. The molecule has 0 saturated carbocycles. The third kappa shape index (κ3) is 5.26. The molecule has 5 nitrogen and oxygen atoms in total. The van der Waals surface area contributed by atoms with Crippen molar-refractivity contribution in [1.29, 1.82) is 0 Å². The molecule has 5 heteroatoms. The fourth-order valence-electron chi connectivity index (χ4n) is 4.65. The number of nitrogens with one attached hydrogen (secondary N) is 2. The first-order valence-corrected chi connectivity index (χ1v) is 11.9. The Balaban J connectivity index is 1.21. The maximum Gasteiger partial charge on any atom is 0.251 e. The Kier molecular flexibility index (Phi) is 6.54. The number of aryl methyl sites for hydroxylation is 1. The van der Waals surface area contributed by atoms with E-state index in [-0.39, 0.29) is 11.9 Å². The Hall–Kier alpha value is -3.70. The van der Waals surface area contributed by atoms with Crippen LogP contribution in [0.1, 0.15) is 34.5 Å². The highest BCUT2D eigenvalue weighted by atomic mass is 16.1. The molecule has 0 bridgehead atoms. The quantitative estimate of drug-likeness (QED) is 0.397. The molecular weight excluding hydrogens is 420 g/mol. The van der Waals surface area contributed by atoms with Crippen LogP contribution in [0.3, 0.4) is 0 Å². The Bertz CT molecular complexity index is 1280. The lowest BCUT2D eigenvalue weighted by Gasteiger charge is -2.32. The molecule has 0 radical (unpaired) electrons. The number of carbonyl (C=O) groups excluding carboxylic acids is 1. The van der Waals surface area contributed by atoms with Crippen LogP contribution in [0.25, 0.3) is 10.9 Å². The van der Waals surface area contributed by atoms with Gasteiger partial charge in [-0.15, -0.1) is 0 Å². The number of aromatic nitrogens is 1. The summed E-state index contributed by atoms with van der Waals surface area (Å²) < 4.78 is 0. The molecule has 5 rings (SSSR count). The predicted molar refractivity (Wildman–Crippen MR) is 138 cm³/mol. The predicted octanol–water partition coefficient (Wildman–Crippen LogP) is 5.68. The maximum absolute atomic E-state index is 13.0. The number of nitrogens with zero attached hydrogens (tertiary/aromatic N) is 2. The SMILES string of the molecule is Cc1cc(Nc2cccc(C(=O)NC3CCN(Cc4ccccc4)CC3)c2)c2ccccc2n1. The van der Waals surface area contributed by atoms with Crippen molar-refractivity contribution in [2.45, 2.75) is 32.4 Å². The van der Waals surface area contributed by atoms with Gasteiger partial charge in [-0.3, -0.25) is 14.7 Å². The molecule has 2 heterocycles. The fraction of sp³-hybridized carbons (Fsp3) is 0.241. The number of likely N-dealkylation sites (tertiary alicyclic amines) is 1. The summed E-state index contributed by atoms with van der Waals surface area (Å²) in [5, 5.41) is 7.80. The average molecular weight is 451 g/mol. The molecule has 1 aliphatic rings. The molecule has 0 unspecified atom stereocenters. The molecular formula is C29H30N4O. The minimum atomic E-state index is -0.0130. The van der Waals surface area contributed by atoms with Crippen molar-refractivity contribution in [3.05, 3.63) is 102 Å². The first kappa shape index (κ1) is 22.1. The van der Waals surface area contributed by atoms with E-state index in [2.05, 4.69) is 56.9 Å². The standard InChI is InChI=1S/C29H30N4O/c1-21-18-28(26-12-5-6-13-27(26)30-21)31-25-11-7-10-23(19-25)29(34)32-24-14-16-33(17-15-24)20-22-8-3-2-4-9-22/h2-13,18-19,24H,14-17,20H2,1H3,(H,30,31)(H,32,34). The molecule has 1 fully saturated rings. The van der Waals surface area contributed by atoms with E-state index in [1.54, 1.807) is 0 Å². The van der Waals surface area contributed by atoms with Crippen molar-refractivity contribution in [3.8, 4) is 0 Å². The molecule has 34 heavy (non-hydrogen) atoms. The van der Waals surface area contributed by atoms with E-state index >= 15 is 0 Å². The molecule has 0 atom stereocenters. The van der Waals surface area contributed by atoms with Crippen molar-refractivity contribution < 1.29 is 4.79 Å². The van der Waals surface area contributed by atoms with Gasteiger partial charge in [-0.25, -0.2) is 0 Å². The summed E-state index contributed by atoms with van der Waals surface area (Å²) in [5.74, 6) is -0.0130. The molecule has 0 spiro atoms. The second kappa shape index (κ2) is 10.1. The molecule has 172 valence electrons. The second-order valence-corrected chi connectivity index (χ2v) is 9.04. The molecule has 1 aromatic heterocycles. The molecule has 1 amide bonds. The fourth-order valence-corrected chi connectivity index (χ4v) is 4.65. The van der Waals surface area contributed by atoms with Gasteiger partial charge in [0, 0.05) is 53.7 Å². The van der Waals surface area contributed by atoms with Gasteiger partial charge in [0.05, 0.1) is 5.52 Å². The van der Waals surface area contributed by atoms with Gasteiger partial charge in [0.1, 0.15) is 0 Å². The normalized spacial score (nSPS) is 14.7. The highest BCUT2D eigenvalue weighted by Crippen LogP contribution is 2.27. The number of amides is 1. The highest BCUT2D eigenvalue weighted by molar-refractivity contribution is 5.97.